The van der Waals surface area contributed by atoms with Gasteiger partial charge in [0, 0.05) is 6.04 Å². The lowest BCUT2D eigenvalue weighted by Crippen LogP contribution is -2.31. The van der Waals surface area contributed by atoms with Crippen molar-refractivity contribution in [3.63, 3.8) is 0 Å². The monoisotopic (exact) mass is 277 g/mol. The zero-order valence-corrected chi connectivity index (χ0v) is 11.6. The molecule has 1 aromatic carbocycles. The summed E-state index contributed by atoms with van der Waals surface area (Å²) < 4.78 is 31.4. The summed E-state index contributed by atoms with van der Waals surface area (Å²) in [5, 5.41) is 0.277. The third-order valence-electron chi connectivity index (χ3n) is 2.40. The maximum absolute atomic E-state index is 11.9. The molecule has 1 atom stereocenters. The molecular formula is C11H16ClNO3S. The van der Waals surface area contributed by atoms with E-state index < -0.39 is 10.0 Å². The van der Waals surface area contributed by atoms with Gasteiger partial charge in [0.2, 0.25) is 10.0 Å². The van der Waals surface area contributed by atoms with Crippen molar-refractivity contribution in [3.8, 4) is 5.75 Å². The first-order valence-electron chi connectivity index (χ1n) is 5.26. The van der Waals surface area contributed by atoms with Gasteiger partial charge in [-0.25, -0.2) is 13.1 Å². The van der Waals surface area contributed by atoms with Crippen LogP contribution in [0.3, 0.4) is 0 Å². The molecule has 0 aliphatic carbocycles. The Morgan fingerprint density at radius 3 is 2.59 bits per heavy atom. The van der Waals surface area contributed by atoms with Crippen LogP contribution in [-0.4, -0.2) is 21.6 Å². The molecule has 4 nitrogen and oxygen atoms in total. The highest BCUT2D eigenvalue weighted by molar-refractivity contribution is 7.89. The highest BCUT2D eigenvalue weighted by atomic mass is 35.5. The summed E-state index contributed by atoms with van der Waals surface area (Å²) in [5.74, 6) is 0.453. The van der Waals surface area contributed by atoms with E-state index in [-0.39, 0.29) is 16.0 Å². The first-order chi connectivity index (χ1) is 7.90. The average molecular weight is 278 g/mol. The molecule has 0 aliphatic rings. The zero-order valence-electron chi connectivity index (χ0n) is 10.0. The third-order valence-corrected chi connectivity index (χ3v) is 4.28. The van der Waals surface area contributed by atoms with Crippen LogP contribution in [0.15, 0.2) is 23.1 Å². The van der Waals surface area contributed by atoms with Crippen molar-refractivity contribution in [1.29, 1.82) is 0 Å². The molecule has 0 aliphatic heterocycles. The van der Waals surface area contributed by atoms with E-state index in [0.29, 0.717) is 5.75 Å². The SMILES string of the molecule is CC[C@@H](C)NS(=O)(=O)c1ccc(OC)c(Cl)c1. The number of hydrogen-bond donors (Lipinski definition) is 1. The molecular weight excluding hydrogens is 262 g/mol. The van der Waals surface area contributed by atoms with Gasteiger partial charge in [-0.15, -0.1) is 0 Å². The van der Waals surface area contributed by atoms with Crippen LogP contribution in [0, 0.1) is 0 Å². The van der Waals surface area contributed by atoms with E-state index in [1.165, 1.54) is 25.3 Å². The second kappa shape index (κ2) is 5.71. The fourth-order valence-corrected chi connectivity index (χ4v) is 2.91. The summed E-state index contributed by atoms with van der Waals surface area (Å²) in [6.07, 6.45) is 0.725. The molecule has 0 saturated carbocycles. The fraction of sp³-hybridized carbons (Fsp3) is 0.455. The minimum Gasteiger partial charge on any atom is -0.495 e. The molecule has 0 saturated heterocycles. The first kappa shape index (κ1) is 14.3. The van der Waals surface area contributed by atoms with Crippen LogP contribution in [0.5, 0.6) is 5.75 Å². The molecule has 0 bridgehead atoms. The van der Waals surface area contributed by atoms with Gasteiger partial charge in [-0.3, -0.25) is 0 Å². The van der Waals surface area contributed by atoms with E-state index in [1.54, 1.807) is 0 Å². The largest absolute Gasteiger partial charge is 0.495 e. The summed E-state index contributed by atoms with van der Waals surface area (Å²) >= 11 is 5.89. The lowest BCUT2D eigenvalue weighted by molar-refractivity contribution is 0.414. The van der Waals surface area contributed by atoms with Crippen LogP contribution in [-0.2, 0) is 10.0 Å². The Labute approximate surface area is 107 Å². The quantitative estimate of drug-likeness (QED) is 0.899. The molecule has 6 heteroatoms. The van der Waals surface area contributed by atoms with Crippen molar-refractivity contribution in [1.82, 2.24) is 4.72 Å². The molecule has 0 unspecified atom stereocenters. The number of ether oxygens (including phenoxy) is 1. The van der Waals surface area contributed by atoms with Crippen molar-refractivity contribution in [2.45, 2.75) is 31.2 Å². The Bertz CT molecular complexity index is 487. The van der Waals surface area contributed by atoms with Crippen LogP contribution in [0.2, 0.25) is 5.02 Å². The normalized spacial score (nSPS) is 13.4. The molecule has 96 valence electrons. The molecule has 0 aromatic heterocycles. The predicted molar refractivity (Wildman–Crippen MR) is 68.1 cm³/mol. The highest BCUT2D eigenvalue weighted by Gasteiger charge is 2.17. The Morgan fingerprint density at radius 1 is 1.47 bits per heavy atom. The van der Waals surface area contributed by atoms with Gasteiger partial charge in [-0.1, -0.05) is 18.5 Å². The van der Waals surface area contributed by atoms with Crippen molar-refractivity contribution < 1.29 is 13.2 Å². The predicted octanol–water partition coefficient (Wildman–Crippen LogP) is 2.43. The van der Waals surface area contributed by atoms with Gasteiger partial charge in [0.15, 0.2) is 0 Å². The van der Waals surface area contributed by atoms with Crippen LogP contribution in [0.1, 0.15) is 20.3 Å². The number of rotatable bonds is 5. The van der Waals surface area contributed by atoms with E-state index in [1.807, 2.05) is 13.8 Å². The van der Waals surface area contributed by atoms with E-state index in [2.05, 4.69) is 4.72 Å². The van der Waals surface area contributed by atoms with Gasteiger partial charge in [0.1, 0.15) is 5.75 Å². The van der Waals surface area contributed by atoms with E-state index in [4.69, 9.17) is 16.3 Å². The van der Waals surface area contributed by atoms with Gasteiger partial charge in [-0.05, 0) is 31.5 Å². The molecule has 1 rings (SSSR count). The smallest absolute Gasteiger partial charge is 0.240 e. The lowest BCUT2D eigenvalue weighted by Gasteiger charge is -2.12. The second-order valence-electron chi connectivity index (χ2n) is 3.73. The summed E-state index contributed by atoms with van der Waals surface area (Å²) in [6, 6.07) is 4.27. The molecule has 0 spiro atoms. The Kier molecular flexibility index (Phi) is 4.80. The van der Waals surface area contributed by atoms with E-state index in [0.717, 1.165) is 6.42 Å². The van der Waals surface area contributed by atoms with Gasteiger partial charge >= 0.3 is 0 Å². The Hall–Kier alpha value is -0.780. The average Bonchev–Trinajstić information content (AvgIpc) is 2.28. The molecule has 0 radical (unpaired) electrons. The minimum absolute atomic E-state index is 0.110. The first-order valence-corrected chi connectivity index (χ1v) is 7.12. The molecule has 1 aromatic rings. The summed E-state index contributed by atoms with van der Waals surface area (Å²) in [4.78, 5) is 0.142. The fourth-order valence-electron chi connectivity index (χ4n) is 1.23. The van der Waals surface area contributed by atoms with Gasteiger partial charge in [-0.2, -0.15) is 0 Å². The number of benzene rings is 1. The number of hydrogen-bond acceptors (Lipinski definition) is 3. The second-order valence-corrected chi connectivity index (χ2v) is 5.85. The van der Waals surface area contributed by atoms with Crippen LogP contribution in [0.25, 0.3) is 0 Å². The number of nitrogens with one attached hydrogen (secondary N) is 1. The summed E-state index contributed by atoms with van der Waals surface area (Å²) in [6.45, 7) is 3.72. The van der Waals surface area contributed by atoms with Crippen molar-refractivity contribution >= 4 is 21.6 Å². The third kappa shape index (κ3) is 3.59. The number of sulfonamides is 1. The number of halogens is 1. The van der Waals surface area contributed by atoms with Crippen molar-refractivity contribution in [2.75, 3.05) is 7.11 Å². The van der Waals surface area contributed by atoms with Crippen LogP contribution in [0.4, 0.5) is 0 Å². The van der Waals surface area contributed by atoms with Crippen LogP contribution >= 0.6 is 11.6 Å². The molecule has 0 amide bonds. The summed E-state index contributed by atoms with van der Waals surface area (Å²) in [7, 11) is -2.03. The molecule has 17 heavy (non-hydrogen) atoms. The summed E-state index contributed by atoms with van der Waals surface area (Å²) in [5.41, 5.74) is 0. The van der Waals surface area contributed by atoms with Crippen LogP contribution < -0.4 is 9.46 Å². The zero-order chi connectivity index (χ0) is 13.1. The maximum atomic E-state index is 11.9. The Morgan fingerprint density at radius 2 is 2.12 bits per heavy atom. The Balaban J connectivity index is 3.04. The molecule has 1 N–H and O–H groups in total. The molecule has 0 fully saturated rings. The number of methoxy groups -OCH3 is 1. The lowest BCUT2D eigenvalue weighted by atomic mass is 10.3. The van der Waals surface area contributed by atoms with Gasteiger partial charge in [0.05, 0.1) is 17.0 Å². The van der Waals surface area contributed by atoms with E-state index in [9.17, 15) is 8.42 Å². The van der Waals surface area contributed by atoms with Gasteiger partial charge < -0.3 is 4.74 Å². The van der Waals surface area contributed by atoms with Gasteiger partial charge in [0.25, 0.3) is 0 Å². The molecule has 0 heterocycles. The van der Waals surface area contributed by atoms with E-state index >= 15 is 0 Å². The van der Waals surface area contributed by atoms with Crippen molar-refractivity contribution in [3.05, 3.63) is 23.2 Å². The topological polar surface area (TPSA) is 55.4 Å². The highest BCUT2D eigenvalue weighted by Crippen LogP contribution is 2.26. The van der Waals surface area contributed by atoms with Crippen molar-refractivity contribution in [2.24, 2.45) is 0 Å². The standard InChI is InChI=1S/C11H16ClNO3S/c1-4-8(2)13-17(14,15)9-5-6-11(16-3)10(12)7-9/h5-8,13H,4H2,1-3H3/t8-/m1/s1. The maximum Gasteiger partial charge on any atom is 0.240 e. The minimum atomic E-state index is -3.51.